The molecule has 0 saturated carbocycles. The monoisotopic (exact) mass is 407 g/mol. The summed E-state index contributed by atoms with van der Waals surface area (Å²) in [6, 6.07) is 5.52. The highest BCUT2D eigenvalue weighted by atomic mass is 32.2. The van der Waals surface area contributed by atoms with Crippen LogP contribution in [-0.4, -0.2) is 41.0 Å². The minimum absolute atomic E-state index is 0.137. The Balaban J connectivity index is 1.54. The van der Waals surface area contributed by atoms with Gasteiger partial charge in [0, 0.05) is 13.0 Å². The number of benzene rings is 1. The molecule has 2 heterocycles. The molecule has 0 unspecified atom stereocenters. The lowest BCUT2D eigenvalue weighted by Crippen LogP contribution is -2.29. The van der Waals surface area contributed by atoms with Crippen LogP contribution in [0, 0.1) is 0 Å². The Hall–Kier alpha value is -2.06. The maximum Gasteiger partial charge on any atom is 0.305 e. The molecule has 0 radical (unpaired) electrons. The highest BCUT2D eigenvalue weighted by molar-refractivity contribution is 8.26. The van der Waals surface area contributed by atoms with E-state index in [1.807, 2.05) is 25.1 Å². The molecule has 3 rings (SSSR count). The van der Waals surface area contributed by atoms with Crippen LogP contribution in [0.2, 0.25) is 0 Å². The Bertz CT molecular complexity index is 777. The Kier molecular flexibility index (Phi) is 6.73. The van der Waals surface area contributed by atoms with Crippen LogP contribution in [0.25, 0.3) is 6.08 Å². The lowest BCUT2D eigenvalue weighted by Gasteiger charge is -2.13. The van der Waals surface area contributed by atoms with E-state index in [9.17, 15) is 9.59 Å². The molecule has 144 valence electrons. The van der Waals surface area contributed by atoms with Crippen molar-refractivity contribution in [1.29, 1.82) is 0 Å². The van der Waals surface area contributed by atoms with Gasteiger partial charge in [-0.25, -0.2) is 0 Å². The summed E-state index contributed by atoms with van der Waals surface area (Å²) in [7, 11) is 0. The number of fused-ring (bicyclic) bond motifs is 1. The molecule has 1 amide bonds. The number of unbranched alkanes of at least 4 members (excludes halogenated alkanes) is 1. The predicted molar refractivity (Wildman–Crippen MR) is 108 cm³/mol. The van der Waals surface area contributed by atoms with Crippen molar-refractivity contribution in [3.63, 3.8) is 0 Å². The molecule has 0 atom stereocenters. The van der Waals surface area contributed by atoms with E-state index in [1.54, 1.807) is 6.08 Å². The maximum absolute atomic E-state index is 12.6. The van der Waals surface area contributed by atoms with Gasteiger partial charge in [-0.15, -0.1) is 0 Å². The molecule has 1 aromatic carbocycles. The number of carbonyl (C=O) groups excluding carboxylic acids is 2. The fourth-order valence-corrected chi connectivity index (χ4v) is 3.94. The number of nitrogens with zero attached hydrogens (tertiary/aromatic N) is 1. The van der Waals surface area contributed by atoms with E-state index in [4.69, 9.17) is 26.4 Å². The third-order valence-electron chi connectivity index (χ3n) is 4.09. The zero-order chi connectivity index (χ0) is 19.2. The number of rotatable bonds is 8. The molecule has 1 saturated heterocycles. The largest absolute Gasteiger partial charge is 0.466 e. The van der Waals surface area contributed by atoms with Gasteiger partial charge in [0.15, 0.2) is 11.5 Å². The highest BCUT2D eigenvalue weighted by Gasteiger charge is 2.31. The van der Waals surface area contributed by atoms with Crippen LogP contribution in [0.15, 0.2) is 23.1 Å². The molecule has 1 fully saturated rings. The second-order valence-corrected chi connectivity index (χ2v) is 7.80. The number of carbonyl (C=O) groups is 2. The summed E-state index contributed by atoms with van der Waals surface area (Å²) in [4.78, 5) is 26.4. The fourth-order valence-electron chi connectivity index (χ4n) is 2.63. The van der Waals surface area contributed by atoms with Crippen molar-refractivity contribution in [1.82, 2.24) is 4.90 Å². The molecule has 0 aromatic heterocycles. The zero-order valence-electron chi connectivity index (χ0n) is 15.1. The van der Waals surface area contributed by atoms with Gasteiger partial charge < -0.3 is 14.2 Å². The first-order chi connectivity index (χ1) is 13.1. The zero-order valence-corrected chi connectivity index (χ0v) is 16.7. The second-order valence-electron chi connectivity index (χ2n) is 6.12. The highest BCUT2D eigenvalue weighted by Crippen LogP contribution is 2.36. The summed E-state index contributed by atoms with van der Waals surface area (Å²) >= 11 is 6.59. The van der Waals surface area contributed by atoms with Crippen LogP contribution in [0.4, 0.5) is 0 Å². The van der Waals surface area contributed by atoms with Crippen molar-refractivity contribution in [2.75, 3.05) is 19.9 Å². The lowest BCUT2D eigenvalue weighted by atomic mass is 10.2. The Morgan fingerprint density at radius 2 is 2.15 bits per heavy atom. The van der Waals surface area contributed by atoms with Crippen LogP contribution in [0.5, 0.6) is 11.5 Å². The van der Waals surface area contributed by atoms with E-state index in [2.05, 4.69) is 0 Å². The summed E-state index contributed by atoms with van der Waals surface area (Å²) < 4.78 is 16.3. The summed E-state index contributed by atoms with van der Waals surface area (Å²) in [6.07, 6.45) is 4.45. The fraction of sp³-hybridized carbons (Fsp3) is 0.421. The van der Waals surface area contributed by atoms with Gasteiger partial charge in [-0.1, -0.05) is 43.4 Å². The molecule has 2 aliphatic rings. The van der Waals surface area contributed by atoms with Crippen molar-refractivity contribution in [3.05, 3.63) is 28.7 Å². The third-order valence-corrected chi connectivity index (χ3v) is 5.47. The third kappa shape index (κ3) is 5.01. The van der Waals surface area contributed by atoms with Crippen molar-refractivity contribution < 1.29 is 23.8 Å². The minimum atomic E-state index is -0.232. The van der Waals surface area contributed by atoms with Gasteiger partial charge in [0.05, 0.1) is 11.5 Å². The van der Waals surface area contributed by atoms with Gasteiger partial charge in [0.25, 0.3) is 5.91 Å². The predicted octanol–water partition coefficient (Wildman–Crippen LogP) is 3.74. The summed E-state index contributed by atoms with van der Waals surface area (Å²) in [6.45, 7) is 3.11. The molecular weight excluding hydrogens is 386 g/mol. The molecule has 0 bridgehead atoms. The molecule has 27 heavy (non-hydrogen) atoms. The van der Waals surface area contributed by atoms with Crippen molar-refractivity contribution in [3.8, 4) is 11.5 Å². The van der Waals surface area contributed by atoms with E-state index in [1.165, 1.54) is 16.7 Å². The van der Waals surface area contributed by atoms with Crippen molar-refractivity contribution in [2.45, 2.75) is 32.6 Å². The van der Waals surface area contributed by atoms with Crippen molar-refractivity contribution >= 4 is 46.3 Å². The van der Waals surface area contributed by atoms with Crippen LogP contribution >= 0.6 is 24.0 Å². The maximum atomic E-state index is 12.6. The molecule has 8 heteroatoms. The van der Waals surface area contributed by atoms with Gasteiger partial charge in [-0.05, 0) is 36.6 Å². The van der Waals surface area contributed by atoms with Gasteiger partial charge in [0.1, 0.15) is 4.32 Å². The van der Waals surface area contributed by atoms with Crippen LogP contribution < -0.4 is 9.47 Å². The smallest absolute Gasteiger partial charge is 0.305 e. The average Bonchev–Trinajstić information content (AvgIpc) is 3.21. The quantitative estimate of drug-likeness (QED) is 0.281. The second kappa shape index (κ2) is 9.23. The van der Waals surface area contributed by atoms with Gasteiger partial charge in [0.2, 0.25) is 6.79 Å². The van der Waals surface area contributed by atoms with Crippen molar-refractivity contribution in [2.24, 2.45) is 0 Å². The molecule has 0 N–H and O–H groups in total. The van der Waals surface area contributed by atoms with Crippen LogP contribution in [-0.2, 0) is 14.3 Å². The van der Waals surface area contributed by atoms with Gasteiger partial charge >= 0.3 is 5.97 Å². The van der Waals surface area contributed by atoms with E-state index in [-0.39, 0.29) is 25.1 Å². The summed E-state index contributed by atoms with van der Waals surface area (Å²) in [5.74, 6) is 0.998. The first-order valence-corrected chi connectivity index (χ1v) is 10.1. The normalized spacial score (nSPS) is 17.1. The standard InChI is InChI=1S/C19H21NO5S2/c1-2-3-9-23-17(21)5-4-8-20-18(22)16(27-19(20)26)11-13-6-7-14-15(10-13)25-12-24-14/h6-7,10-11H,2-5,8-9,12H2,1H3/b16-11-. The number of thiocarbonyl (C=S) groups is 1. The van der Waals surface area contributed by atoms with E-state index in [0.29, 0.717) is 40.3 Å². The lowest BCUT2D eigenvalue weighted by molar-refractivity contribution is -0.144. The number of thioether (sulfide) groups is 1. The van der Waals surface area contributed by atoms with Gasteiger partial charge in [-0.3, -0.25) is 14.5 Å². The van der Waals surface area contributed by atoms with E-state index < -0.39 is 0 Å². The molecule has 0 aliphatic carbocycles. The Morgan fingerprint density at radius 3 is 2.96 bits per heavy atom. The van der Waals surface area contributed by atoms with Crippen LogP contribution in [0.3, 0.4) is 0 Å². The molecule has 0 spiro atoms. The average molecular weight is 408 g/mol. The number of hydrogen-bond donors (Lipinski definition) is 0. The number of amides is 1. The molecule has 2 aliphatic heterocycles. The number of esters is 1. The van der Waals surface area contributed by atoms with E-state index >= 15 is 0 Å². The first kappa shape index (κ1) is 19.7. The van der Waals surface area contributed by atoms with Crippen LogP contribution in [0.1, 0.15) is 38.2 Å². The molecular formula is C19H21NO5S2. The minimum Gasteiger partial charge on any atom is -0.466 e. The number of ether oxygens (including phenoxy) is 3. The van der Waals surface area contributed by atoms with Gasteiger partial charge in [-0.2, -0.15) is 0 Å². The van der Waals surface area contributed by atoms with E-state index in [0.717, 1.165) is 18.4 Å². The summed E-state index contributed by atoms with van der Waals surface area (Å²) in [5.41, 5.74) is 0.847. The first-order valence-electron chi connectivity index (χ1n) is 8.89. The summed E-state index contributed by atoms with van der Waals surface area (Å²) in [5, 5.41) is 0. The SMILES string of the molecule is CCCCOC(=O)CCCN1C(=O)/C(=C/c2ccc3c(c2)OCO3)SC1=S. The molecule has 6 nitrogen and oxygen atoms in total. The molecule has 1 aromatic rings. The topological polar surface area (TPSA) is 65.1 Å². The number of hydrogen-bond acceptors (Lipinski definition) is 7. The Morgan fingerprint density at radius 1 is 1.33 bits per heavy atom. The Labute approximate surface area is 167 Å².